The SMILES string of the molecule is CCOC(=O)c1c(C)[nH]c(C)c1S(=O)(=O)NCC(=O)N1c2ccccc2CC1C. The first-order valence-electron chi connectivity index (χ1n) is 9.43. The summed E-state index contributed by atoms with van der Waals surface area (Å²) in [4.78, 5) is 29.4. The van der Waals surface area contributed by atoms with Crippen molar-refractivity contribution in [3.8, 4) is 0 Å². The van der Waals surface area contributed by atoms with Crippen LogP contribution in [0.5, 0.6) is 0 Å². The number of carbonyl (C=O) groups is 2. The van der Waals surface area contributed by atoms with Crippen LogP contribution in [0.25, 0.3) is 0 Å². The maximum absolute atomic E-state index is 12.9. The van der Waals surface area contributed by atoms with Gasteiger partial charge in [-0.3, -0.25) is 4.79 Å². The topological polar surface area (TPSA) is 109 Å². The van der Waals surface area contributed by atoms with Crippen LogP contribution in [-0.4, -0.2) is 44.5 Å². The van der Waals surface area contributed by atoms with Crippen molar-refractivity contribution >= 4 is 27.6 Å². The number of nitrogens with one attached hydrogen (secondary N) is 2. The molecule has 1 aliphatic heterocycles. The number of hydrogen-bond acceptors (Lipinski definition) is 5. The van der Waals surface area contributed by atoms with E-state index in [1.807, 2.05) is 31.2 Å². The minimum atomic E-state index is -4.11. The summed E-state index contributed by atoms with van der Waals surface area (Å²) in [6.07, 6.45) is 0.720. The van der Waals surface area contributed by atoms with Gasteiger partial charge in [0.15, 0.2) is 0 Å². The molecule has 0 bridgehead atoms. The Morgan fingerprint density at radius 3 is 2.62 bits per heavy atom. The fourth-order valence-electron chi connectivity index (χ4n) is 3.80. The largest absolute Gasteiger partial charge is 0.462 e. The molecule has 1 aromatic heterocycles. The molecular weight excluding hydrogens is 394 g/mol. The molecule has 1 amide bonds. The third-order valence-electron chi connectivity index (χ3n) is 4.96. The van der Waals surface area contributed by atoms with Crippen LogP contribution >= 0.6 is 0 Å². The number of aromatic nitrogens is 1. The molecule has 1 atom stereocenters. The number of ether oxygens (including phenoxy) is 1. The van der Waals surface area contributed by atoms with Gasteiger partial charge in [-0.15, -0.1) is 0 Å². The molecule has 1 aliphatic rings. The summed E-state index contributed by atoms with van der Waals surface area (Å²) >= 11 is 0. The van der Waals surface area contributed by atoms with Crippen molar-refractivity contribution in [1.82, 2.24) is 9.71 Å². The second-order valence-corrected chi connectivity index (χ2v) is 8.77. The van der Waals surface area contributed by atoms with Gasteiger partial charge in [-0.25, -0.2) is 17.9 Å². The number of fused-ring (bicyclic) bond motifs is 1. The third kappa shape index (κ3) is 3.92. The predicted octanol–water partition coefficient (Wildman–Crippen LogP) is 2.06. The molecule has 0 fully saturated rings. The Morgan fingerprint density at radius 1 is 1.24 bits per heavy atom. The van der Waals surface area contributed by atoms with Crippen LogP contribution in [0.1, 0.15) is 41.2 Å². The molecular formula is C20H25N3O5S. The molecule has 29 heavy (non-hydrogen) atoms. The zero-order chi connectivity index (χ0) is 21.3. The lowest BCUT2D eigenvalue weighted by Crippen LogP contribution is -2.43. The van der Waals surface area contributed by atoms with Crippen molar-refractivity contribution < 1.29 is 22.7 Å². The van der Waals surface area contributed by atoms with E-state index in [1.54, 1.807) is 25.7 Å². The van der Waals surface area contributed by atoms with Crippen LogP contribution in [0.4, 0.5) is 5.69 Å². The molecule has 3 rings (SSSR count). The van der Waals surface area contributed by atoms with Crippen molar-refractivity contribution in [2.45, 2.75) is 45.1 Å². The molecule has 0 saturated carbocycles. The molecule has 0 aliphatic carbocycles. The van der Waals surface area contributed by atoms with E-state index in [1.165, 1.54) is 0 Å². The Bertz CT molecular complexity index is 1060. The highest BCUT2D eigenvalue weighted by Crippen LogP contribution is 2.32. The number of para-hydroxylation sites is 1. The van der Waals surface area contributed by atoms with Gasteiger partial charge in [0.05, 0.1) is 13.2 Å². The lowest BCUT2D eigenvalue weighted by Gasteiger charge is -2.23. The quantitative estimate of drug-likeness (QED) is 0.697. The number of aromatic amines is 1. The maximum atomic E-state index is 12.9. The van der Waals surface area contributed by atoms with Crippen LogP contribution in [0.2, 0.25) is 0 Å². The average molecular weight is 420 g/mol. The first kappa shape index (κ1) is 21.1. The standard InChI is InChI=1S/C20H25N3O5S/c1-5-28-20(25)18-13(3)22-14(4)19(18)29(26,27)21-11-17(24)23-12(2)10-15-8-6-7-9-16(15)23/h6-9,12,21-22H,5,10-11H2,1-4H3. The lowest BCUT2D eigenvalue weighted by atomic mass is 10.1. The highest BCUT2D eigenvalue weighted by atomic mass is 32.2. The number of anilines is 1. The Kier molecular flexibility index (Phi) is 5.81. The number of rotatable bonds is 6. The van der Waals surface area contributed by atoms with E-state index in [0.717, 1.165) is 17.7 Å². The van der Waals surface area contributed by atoms with Crippen molar-refractivity contribution in [2.24, 2.45) is 0 Å². The van der Waals surface area contributed by atoms with E-state index in [9.17, 15) is 18.0 Å². The van der Waals surface area contributed by atoms with Gasteiger partial charge in [0.1, 0.15) is 10.5 Å². The van der Waals surface area contributed by atoms with E-state index in [0.29, 0.717) is 11.4 Å². The van der Waals surface area contributed by atoms with Crippen LogP contribution in [-0.2, 0) is 26.0 Å². The highest BCUT2D eigenvalue weighted by molar-refractivity contribution is 7.89. The van der Waals surface area contributed by atoms with Gasteiger partial charge in [0.2, 0.25) is 15.9 Å². The van der Waals surface area contributed by atoms with Gasteiger partial charge in [0.25, 0.3) is 0 Å². The molecule has 2 N–H and O–H groups in total. The summed E-state index contributed by atoms with van der Waals surface area (Å²) in [7, 11) is -4.11. The number of carbonyl (C=O) groups excluding carboxylic acids is 2. The zero-order valence-electron chi connectivity index (χ0n) is 16.9. The van der Waals surface area contributed by atoms with Crippen molar-refractivity contribution in [1.29, 1.82) is 0 Å². The second kappa shape index (κ2) is 8.00. The van der Waals surface area contributed by atoms with Crippen LogP contribution in [0.3, 0.4) is 0 Å². The molecule has 0 radical (unpaired) electrons. The van der Waals surface area contributed by atoms with Gasteiger partial charge in [0, 0.05) is 23.1 Å². The molecule has 0 saturated heterocycles. The monoisotopic (exact) mass is 419 g/mol. The summed E-state index contributed by atoms with van der Waals surface area (Å²) in [5.41, 5.74) is 2.52. The molecule has 2 aromatic rings. The number of esters is 1. The smallest absolute Gasteiger partial charge is 0.341 e. The first-order valence-corrected chi connectivity index (χ1v) is 10.9. The van der Waals surface area contributed by atoms with Gasteiger partial charge in [-0.1, -0.05) is 18.2 Å². The maximum Gasteiger partial charge on any atom is 0.341 e. The number of benzene rings is 1. The molecule has 9 heteroatoms. The number of amides is 1. The zero-order valence-corrected chi connectivity index (χ0v) is 17.7. The summed E-state index contributed by atoms with van der Waals surface area (Å²) in [5.74, 6) is -1.07. The van der Waals surface area contributed by atoms with E-state index < -0.39 is 22.5 Å². The fourth-order valence-corrected chi connectivity index (χ4v) is 5.22. The summed E-state index contributed by atoms with van der Waals surface area (Å²) in [5, 5.41) is 0. The molecule has 1 aromatic carbocycles. The number of aryl methyl sites for hydroxylation is 2. The number of sulfonamides is 1. The van der Waals surface area contributed by atoms with Gasteiger partial charge >= 0.3 is 5.97 Å². The fraction of sp³-hybridized carbons (Fsp3) is 0.400. The van der Waals surface area contributed by atoms with E-state index in [-0.39, 0.29) is 29.0 Å². The van der Waals surface area contributed by atoms with Gasteiger partial charge in [-0.05, 0) is 45.7 Å². The molecule has 2 heterocycles. The number of H-pyrrole nitrogens is 1. The van der Waals surface area contributed by atoms with Crippen molar-refractivity contribution in [2.75, 3.05) is 18.1 Å². The molecule has 0 spiro atoms. The first-order chi connectivity index (χ1) is 13.7. The van der Waals surface area contributed by atoms with Gasteiger partial charge < -0.3 is 14.6 Å². The van der Waals surface area contributed by atoms with Crippen molar-refractivity contribution in [3.63, 3.8) is 0 Å². The highest BCUT2D eigenvalue weighted by Gasteiger charge is 2.33. The van der Waals surface area contributed by atoms with Crippen molar-refractivity contribution in [3.05, 3.63) is 46.8 Å². The minimum absolute atomic E-state index is 0.0378. The Hall–Kier alpha value is -2.65. The molecule has 1 unspecified atom stereocenters. The molecule has 8 nitrogen and oxygen atoms in total. The lowest BCUT2D eigenvalue weighted by molar-refractivity contribution is -0.117. The number of hydrogen-bond donors (Lipinski definition) is 2. The van der Waals surface area contributed by atoms with Crippen LogP contribution in [0.15, 0.2) is 29.2 Å². The number of nitrogens with zero attached hydrogens (tertiary/aromatic N) is 1. The Balaban J connectivity index is 1.83. The predicted molar refractivity (Wildman–Crippen MR) is 109 cm³/mol. The van der Waals surface area contributed by atoms with E-state index in [2.05, 4.69) is 9.71 Å². The molecule has 156 valence electrons. The van der Waals surface area contributed by atoms with Crippen LogP contribution in [0, 0.1) is 13.8 Å². The average Bonchev–Trinajstić information content (AvgIpc) is 3.15. The normalized spacial score (nSPS) is 16.0. The summed E-state index contributed by atoms with van der Waals surface area (Å²) < 4.78 is 33.2. The Labute approximate surface area is 170 Å². The third-order valence-corrected chi connectivity index (χ3v) is 6.53. The van der Waals surface area contributed by atoms with Crippen LogP contribution < -0.4 is 9.62 Å². The summed E-state index contributed by atoms with van der Waals surface area (Å²) in [6, 6.07) is 7.51. The summed E-state index contributed by atoms with van der Waals surface area (Å²) in [6.45, 7) is 6.45. The van der Waals surface area contributed by atoms with E-state index >= 15 is 0 Å². The van der Waals surface area contributed by atoms with Gasteiger partial charge in [-0.2, -0.15) is 0 Å². The second-order valence-electron chi connectivity index (χ2n) is 7.07. The van der Waals surface area contributed by atoms with E-state index in [4.69, 9.17) is 4.74 Å². The Morgan fingerprint density at radius 2 is 1.93 bits per heavy atom. The minimum Gasteiger partial charge on any atom is -0.462 e.